The molecule has 3 aromatic carbocycles. The summed E-state index contributed by atoms with van der Waals surface area (Å²) in [5.74, 6) is -0.713. The smallest absolute Gasteiger partial charge is 0.201 e. The summed E-state index contributed by atoms with van der Waals surface area (Å²) in [4.78, 5) is 0. The molecular weight excluding hydrogens is 332 g/mol. The van der Waals surface area contributed by atoms with Gasteiger partial charge < -0.3 is 9.47 Å². The van der Waals surface area contributed by atoms with Crippen molar-refractivity contribution in [3.63, 3.8) is 0 Å². The first-order valence-corrected chi connectivity index (χ1v) is 9.71. The molecule has 2 unspecified atom stereocenters. The number of fused-ring (bicyclic) bond motifs is 1. The van der Waals surface area contributed by atoms with Crippen molar-refractivity contribution in [2.24, 2.45) is 5.41 Å². The topological polar surface area (TPSA) is 18.5 Å². The highest BCUT2D eigenvalue weighted by molar-refractivity contribution is 5.31. The largest absolute Gasteiger partial charge is 0.337 e. The van der Waals surface area contributed by atoms with E-state index in [0.717, 1.165) is 18.4 Å². The van der Waals surface area contributed by atoms with Crippen molar-refractivity contribution in [3.8, 4) is 0 Å². The van der Waals surface area contributed by atoms with Crippen LogP contribution >= 0.6 is 0 Å². The molecule has 0 aliphatic carbocycles. The van der Waals surface area contributed by atoms with Gasteiger partial charge in [-0.05, 0) is 24.0 Å². The van der Waals surface area contributed by atoms with Gasteiger partial charge in [-0.15, -0.1) is 0 Å². The van der Waals surface area contributed by atoms with Crippen LogP contribution in [0.25, 0.3) is 0 Å². The Morgan fingerprint density at radius 1 is 0.630 bits per heavy atom. The Kier molecular flexibility index (Phi) is 3.92. The third-order valence-electron chi connectivity index (χ3n) is 6.18. The highest BCUT2D eigenvalue weighted by atomic mass is 16.7. The van der Waals surface area contributed by atoms with E-state index in [0.29, 0.717) is 0 Å². The molecule has 2 heterocycles. The van der Waals surface area contributed by atoms with E-state index in [1.165, 1.54) is 11.1 Å². The maximum Gasteiger partial charge on any atom is 0.201 e. The van der Waals surface area contributed by atoms with Gasteiger partial charge in [0.05, 0.1) is 12.2 Å². The van der Waals surface area contributed by atoms with E-state index >= 15 is 0 Å². The highest BCUT2D eigenvalue weighted by Crippen LogP contribution is 2.66. The number of ether oxygens (including phenoxy) is 2. The molecule has 2 saturated heterocycles. The molecule has 2 aliphatic heterocycles. The van der Waals surface area contributed by atoms with Gasteiger partial charge in [0, 0.05) is 11.0 Å². The van der Waals surface area contributed by atoms with E-state index in [1.54, 1.807) is 0 Å². The molecule has 0 amide bonds. The Bertz CT molecular complexity index is 853. The summed E-state index contributed by atoms with van der Waals surface area (Å²) in [5.41, 5.74) is 3.48. The van der Waals surface area contributed by atoms with Crippen LogP contribution in [0.15, 0.2) is 91.0 Å². The predicted molar refractivity (Wildman–Crippen MR) is 106 cm³/mol. The summed E-state index contributed by atoms with van der Waals surface area (Å²) in [7, 11) is 0. The Hall–Kier alpha value is -2.42. The fourth-order valence-corrected chi connectivity index (χ4v) is 4.82. The first kappa shape index (κ1) is 16.7. The third-order valence-corrected chi connectivity index (χ3v) is 6.18. The van der Waals surface area contributed by atoms with Crippen LogP contribution in [0.1, 0.15) is 48.7 Å². The monoisotopic (exact) mass is 356 g/mol. The second-order valence-corrected chi connectivity index (χ2v) is 7.99. The first-order valence-electron chi connectivity index (χ1n) is 9.71. The summed E-state index contributed by atoms with van der Waals surface area (Å²) >= 11 is 0. The zero-order valence-corrected chi connectivity index (χ0v) is 15.5. The van der Waals surface area contributed by atoms with E-state index in [2.05, 4.69) is 91.9 Å². The molecule has 5 rings (SSSR count). The number of hydrogen-bond donors (Lipinski definition) is 0. The molecule has 4 atom stereocenters. The fourth-order valence-electron chi connectivity index (χ4n) is 4.82. The van der Waals surface area contributed by atoms with Crippen molar-refractivity contribution in [2.75, 3.05) is 0 Å². The Balaban J connectivity index is 1.57. The first-order chi connectivity index (χ1) is 13.2. The second kappa shape index (κ2) is 6.33. The minimum absolute atomic E-state index is 0.0492. The van der Waals surface area contributed by atoms with Crippen LogP contribution in [0.4, 0.5) is 0 Å². The average molecular weight is 356 g/mol. The lowest BCUT2D eigenvalue weighted by Crippen LogP contribution is -2.37. The molecule has 27 heavy (non-hydrogen) atoms. The standard InChI is InChI=1S/C25H24O2/c1-24-17-22(19-11-5-2-6-12-19)26-25(24,21-15-9-4-10-16-21)27-23(18-24)20-13-7-3-8-14-20/h2-16,22-23H,17-18H2,1H3/t22-,23+,24?,25?. The number of rotatable bonds is 3. The molecule has 0 aromatic heterocycles. The summed E-state index contributed by atoms with van der Waals surface area (Å²) in [6.07, 6.45) is 2.01. The van der Waals surface area contributed by atoms with Gasteiger partial charge in [0.2, 0.25) is 5.79 Å². The minimum Gasteiger partial charge on any atom is -0.337 e. The van der Waals surface area contributed by atoms with E-state index in [4.69, 9.17) is 9.47 Å². The number of benzene rings is 3. The van der Waals surface area contributed by atoms with Crippen LogP contribution in [0, 0.1) is 5.41 Å². The van der Waals surface area contributed by atoms with Crippen LogP contribution in [0.3, 0.4) is 0 Å². The maximum absolute atomic E-state index is 6.78. The summed E-state index contributed by atoms with van der Waals surface area (Å²) in [6, 6.07) is 31.5. The molecule has 0 spiro atoms. The van der Waals surface area contributed by atoms with Gasteiger partial charge in [-0.3, -0.25) is 0 Å². The summed E-state index contributed by atoms with van der Waals surface area (Å²) in [6.45, 7) is 2.33. The van der Waals surface area contributed by atoms with E-state index in [1.807, 2.05) is 6.07 Å². The SMILES string of the molecule is CC12C[C@@H](c3ccccc3)OC1(c1ccccc1)O[C@@H](c1ccccc1)C2. The quantitative estimate of drug-likeness (QED) is 0.559. The normalized spacial score (nSPS) is 32.3. The van der Waals surface area contributed by atoms with Crippen molar-refractivity contribution >= 4 is 0 Å². The molecule has 0 saturated carbocycles. The molecule has 2 nitrogen and oxygen atoms in total. The van der Waals surface area contributed by atoms with Crippen LogP contribution in [0.5, 0.6) is 0 Å². The van der Waals surface area contributed by atoms with Gasteiger partial charge in [0.15, 0.2) is 0 Å². The van der Waals surface area contributed by atoms with Crippen molar-refractivity contribution in [3.05, 3.63) is 108 Å². The van der Waals surface area contributed by atoms with Crippen LogP contribution in [-0.2, 0) is 15.3 Å². The van der Waals surface area contributed by atoms with E-state index in [-0.39, 0.29) is 17.6 Å². The lowest BCUT2D eigenvalue weighted by atomic mass is 9.74. The van der Waals surface area contributed by atoms with E-state index in [9.17, 15) is 0 Å². The van der Waals surface area contributed by atoms with Gasteiger partial charge in [0.1, 0.15) is 0 Å². The van der Waals surface area contributed by atoms with Crippen LogP contribution in [-0.4, -0.2) is 0 Å². The molecule has 136 valence electrons. The Morgan fingerprint density at radius 2 is 1.04 bits per heavy atom. The van der Waals surface area contributed by atoms with Crippen LogP contribution in [0.2, 0.25) is 0 Å². The van der Waals surface area contributed by atoms with Gasteiger partial charge >= 0.3 is 0 Å². The molecule has 2 aliphatic rings. The molecule has 2 fully saturated rings. The highest BCUT2D eigenvalue weighted by Gasteiger charge is 2.65. The average Bonchev–Trinajstić information content (AvgIpc) is 3.18. The van der Waals surface area contributed by atoms with Crippen molar-refractivity contribution in [1.82, 2.24) is 0 Å². The molecular formula is C25H24O2. The van der Waals surface area contributed by atoms with Gasteiger partial charge in [-0.1, -0.05) is 97.9 Å². The van der Waals surface area contributed by atoms with Gasteiger partial charge in [-0.2, -0.15) is 0 Å². The lowest BCUT2D eigenvalue weighted by Gasteiger charge is -2.35. The van der Waals surface area contributed by atoms with Crippen molar-refractivity contribution in [2.45, 2.75) is 37.8 Å². The molecule has 2 heteroatoms. The third kappa shape index (κ3) is 2.63. The van der Waals surface area contributed by atoms with Crippen molar-refractivity contribution in [1.29, 1.82) is 0 Å². The lowest BCUT2D eigenvalue weighted by molar-refractivity contribution is -0.256. The molecule has 0 bridgehead atoms. The Morgan fingerprint density at radius 3 is 1.48 bits per heavy atom. The molecule has 0 radical (unpaired) electrons. The molecule has 3 aromatic rings. The predicted octanol–water partition coefficient (Wildman–Crippen LogP) is 6.17. The zero-order chi connectivity index (χ0) is 18.3. The maximum atomic E-state index is 6.78. The van der Waals surface area contributed by atoms with E-state index < -0.39 is 5.79 Å². The van der Waals surface area contributed by atoms with Gasteiger partial charge in [-0.25, -0.2) is 0 Å². The van der Waals surface area contributed by atoms with Gasteiger partial charge in [0.25, 0.3) is 0 Å². The fraction of sp³-hybridized carbons (Fsp3) is 0.280. The summed E-state index contributed by atoms with van der Waals surface area (Å²) < 4.78 is 13.6. The molecule has 0 N–H and O–H groups in total. The minimum atomic E-state index is -0.713. The van der Waals surface area contributed by atoms with Crippen LogP contribution < -0.4 is 0 Å². The Labute approximate surface area is 160 Å². The summed E-state index contributed by atoms with van der Waals surface area (Å²) in [5, 5.41) is 0. The second-order valence-electron chi connectivity index (χ2n) is 7.99. The number of hydrogen-bond acceptors (Lipinski definition) is 2. The van der Waals surface area contributed by atoms with Crippen molar-refractivity contribution < 1.29 is 9.47 Å². The zero-order valence-electron chi connectivity index (χ0n) is 15.5.